The smallest absolute Gasteiger partial charge is 0.258 e. The van der Waals surface area contributed by atoms with Gasteiger partial charge >= 0.3 is 0 Å². The highest BCUT2D eigenvalue weighted by atomic mass is 35.6. The Labute approximate surface area is 113 Å². The molecule has 88 valence electrons. The van der Waals surface area contributed by atoms with E-state index in [1.54, 1.807) is 18.2 Å². The highest BCUT2D eigenvalue weighted by Gasteiger charge is 2.11. The Bertz CT molecular complexity index is 370. The monoisotopic (exact) mass is 301 g/mol. The van der Waals surface area contributed by atoms with Crippen LogP contribution >= 0.6 is 46.4 Å². The van der Waals surface area contributed by atoms with Crippen molar-refractivity contribution in [1.82, 2.24) is 0 Å². The van der Waals surface area contributed by atoms with Gasteiger partial charge in [-0.2, -0.15) is 0 Å². The number of alkyl halides is 4. The molecule has 0 heterocycles. The quantitative estimate of drug-likeness (QED) is 0.448. The Morgan fingerprint density at radius 3 is 2.00 bits per heavy atom. The molecular weight excluding hydrogens is 296 g/mol. The molecular formula is C9H7Cl4NO2. The first-order valence-electron chi connectivity index (χ1n) is 3.87. The number of nitro groups is 1. The van der Waals surface area contributed by atoms with Crippen LogP contribution in [0.25, 0.3) is 6.08 Å². The zero-order chi connectivity index (χ0) is 12.8. The molecule has 1 aromatic carbocycles. The number of benzene rings is 1. The van der Waals surface area contributed by atoms with Crippen LogP contribution in [-0.4, -0.2) is 8.18 Å². The Morgan fingerprint density at radius 2 is 1.69 bits per heavy atom. The standard InChI is InChI=1S/C8H7NO2.CCl4/c1-2-7-5-3-4-6-8(7)9(10)11;2-1(3,4)5/h2-6H,1H2;. The van der Waals surface area contributed by atoms with E-state index in [4.69, 9.17) is 46.4 Å². The van der Waals surface area contributed by atoms with Crippen LogP contribution in [0.5, 0.6) is 0 Å². The lowest BCUT2D eigenvalue weighted by Crippen LogP contribution is -1.89. The van der Waals surface area contributed by atoms with E-state index in [0.29, 0.717) is 5.56 Å². The second-order valence-corrected chi connectivity index (χ2v) is 5.88. The Balaban J connectivity index is 0.000000385. The van der Waals surface area contributed by atoms with Crippen molar-refractivity contribution in [2.45, 2.75) is 3.25 Å². The first-order valence-corrected chi connectivity index (χ1v) is 5.38. The van der Waals surface area contributed by atoms with Crippen LogP contribution in [-0.2, 0) is 0 Å². The van der Waals surface area contributed by atoms with Crippen molar-refractivity contribution in [2.75, 3.05) is 0 Å². The number of hydrogen-bond donors (Lipinski definition) is 0. The first-order chi connectivity index (χ1) is 7.25. The van der Waals surface area contributed by atoms with Crippen LogP contribution in [0.15, 0.2) is 30.8 Å². The molecule has 0 saturated heterocycles. The van der Waals surface area contributed by atoms with Crippen LogP contribution in [0.1, 0.15) is 5.56 Å². The molecule has 0 saturated carbocycles. The Hall–Kier alpha value is -0.480. The van der Waals surface area contributed by atoms with Gasteiger partial charge in [0.1, 0.15) is 0 Å². The number of rotatable bonds is 2. The minimum atomic E-state index is -1.61. The molecule has 7 heteroatoms. The predicted octanol–water partition coefficient (Wildman–Crippen LogP) is 4.79. The maximum atomic E-state index is 10.3. The van der Waals surface area contributed by atoms with E-state index in [1.165, 1.54) is 12.1 Å². The lowest BCUT2D eigenvalue weighted by molar-refractivity contribution is -0.385. The predicted molar refractivity (Wildman–Crippen MR) is 69.3 cm³/mol. The summed E-state index contributed by atoms with van der Waals surface area (Å²) in [5.74, 6) is 0. The van der Waals surface area contributed by atoms with Gasteiger partial charge in [0.05, 0.1) is 10.5 Å². The van der Waals surface area contributed by atoms with Gasteiger partial charge in [-0.25, -0.2) is 0 Å². The van der Waals surface area contributed by atoms with Crippen LogP contribution in [0, 0.1) is 10.1 Å². The molecule has 0 spiro atoms. The van der Waals surface area contributed by atoms with Gasteiger partial charge in [0.2, 0.25) is 0 Å². The molecule has 3 nitrogen and oxygen atoms in total. The molecule has 0 fully saturated rings. The number of nitrogens with zero attached hydrogens (tertiary/aromatic N) is 1. The molecule has 0 N–H and O–H groups in total. The molecule has 0 amide bonds. The van der Waals surface area contributed by atoms with Gasteiger partial charge in [-0.05, 0) is 6.07 Å². The van der Waals surface area contributed by atoms with E-state index in [9.17, 15) is 10.1 Å². The minimum absolute atomic E-state index is 0.0995. The molecule has 0 bridgehead atoms. The summed E-state index contributed by atoms with van der Waals surface area (Å²) in [4.78, 5) is 9.92. The Kier molecular flexibility index (Phi) is 6.76. The van der Waals surface area contributed by atoms with Crippen molar-refractivity contribution in [1.29, 1.82) is 0 Å². The van der Waals surface area contributed by atoms with E-state index in [0.717, 1.165) is 0 Å². The zero-order valence-corrected chi connectivity index (χ0v) is 10.9. The van der Waals surface area contributed by atoms with Gasteiger partial charge in [0.15, 0.2) is 0 Å². The fourth-order valence-electron chi connectivity index (χ4n) is 0.826. The summed E-state index contributed by atoms with van der Waals surface area (Å²) in [6.07, 6.45) is 1.47. The van der Waals surface area contributed by atoms with Crippen molar-refractivity contribution in [2.24, 2.45) is 0 Å². The third-order valence-electron chi connectivity index (χ3n) is 1.35. The summed E-state index contributed by atoms with van der Waals surface area (Å²) in [6, 6.07) is 6.48. The van der Waals surface area contributed by atoms with Gasteiger partial charge in [-0.1, -0.05) is 71.2 Å². The lowest BCUT2D eigenvalue weighted by atomic mass is 10.2. The molecule has 1 rings (SSSR count). The number of nitro benzene ring substituents is 1. The zero-order valence-electron chi connectivity index (χ0n) is 7.87. The lowest BCUT2D eigenvalue weighted by Gasteiger charge is -1.93. The van der Waals surface area contributed by atoms with Gasteiger partial charge in [0.25, 0.3) is 8.94 Å². The molecule has 0 aromatic heterocycles. The largest absolute Gasteiger partial charge is 0.276 e. The highest BCUT2D eigenvalue weighted by Crippen LogP contribution is 2.29. The Morgan fingerprint density at radius 1 is 1.25 bits per heavy atom. The second-order valence-electron chi connectivity index (χ2n) is 2.45. The molecule has 0 aliphatic heterocycles. The third kappa shape index (κ3) is 7.77. The SMILES string of the molecule is C=Cc1ccccc1[N+](=O)[O-].ClC(Cl)(Cl)Cl. The van der Waals surface area contributed by atoms with Gasteiger partial charge in [-0.15, -0.1) is 0 Å². The summed E-state index contributed by atoms with van der Waals surface area (Å²) >= 11 is 19.3. The van der Waals surface area contributed by atoms with Crippen molar-refractivity contribution in [3.8, 4) is 0 Å². The fraction of sp³-hybridized carbons (Fsp3) is 0.111. The number of halogens is 4. The van der Waals surface area contributed by atoms with Crippen molar-refractivity contribution < 1.29 is 4.92 Å². The maximum absolute atomic E-state index is 10.3. The van der Waals surface area contributed by atoms with E-state index in [2.05, 4.69) is 6.58 Å². The average Bonchev–Trinajstić information content (AvgIpc) is 2.15. The minimum Gasteiger partial charge on any atom is -0.258 e. The van der Waals surface area contributed by atoms with Crippen molar-refractivity contribution in [3.05, 3.63) is 46.5 Å². The molecule has 0 atom stereocenters. The number of para-hydroxylation sites is 1. The van der Waals surface area contributed by atoms with E-state index < -0.39 is 8.18 Å². The highest BCUT2D eigenvalue weighted by molar-refractivity contribution is 6.83. The van der Waals surface area contributed by atoms with Gasteiger partial charge < -0.3 is 0 Å². The van der Waals surface area contributed by atoms with Crippen LogP contribution in [0.2, 0.25) is 0 Å². The first kappa shape index (κ1) is 15.5. The molecule has 16 heavy (non-hydrogen) atoms. The summed E-state index contributed by atoms with van der Waals surface area (Å²) in [6.45, 7) is 3.47. The second kappa shape index (κ2) is 6.97. The van der Waals surface area contributed by atoms with E-state index in [-0.39, 0.29) is 5.69 Å². The third-order valence-corrected chi connectivity index (χ3v) is 1.35. The van der Waals surface area contributed by atoms with Gasteiger partial charge in [0, 0.05) is 6.07 Å². The van der Waals surface area contributed by atoms with Crippen molar-refractivity contribution >= 4 is 58.2 Å². The van der Waals surface area contributed by atoms with Crippen LogP contribution in [0.3, 0.4) is 0 Å². The van der Waals surface area contributed by atoms with E-state index in [1.807, 2.05) is 0 Å². The topological polar surface area (TPSA) is 43.1 Å². The summed E-state index contributed by atoms with van der Waals surface area (Å²) < 4.78 is -1.61. The van der Waals surface area contributed by atoms with Crippen LogP contribution in [0.4, 0.5) is 5.69 Å². The number of hydrogen-bond acceptors (Lipinski definition) is 2. The molecule has 1 aromatic rings. The fourth-order valence-corrected chi connectivity index (χ4v) is 0.826. The summed E-state index contributed by atoms with van der Waals surface area (Å²) in [5.41, 5.74) is 0.653. The van der Waals surface area contributed by atoms with Gasteiger partial charge in [-0.3, -0.25) is 10.1 Å². The maximum Gasteiger partial charge on any atom is 0.276 e. The molecule has 0 aliphatic carbocycles. The average molecular weight is 303 g/mol. The molecule has 0 unspecified atom stereocenters. The van der Waals surface area contributed by atoms with Crippen LogP contribution < -0.4 is 0 Å². The summed E-state index contributed by atoms with van der Waals surface area (Å²) in [7, 11) is 0. The van der Waals surface area contributed by atoms with E-state index >= 15 is 0 Å². The van der Waals surface area contributed by atoms with Crippen molar-refractivity contribution in [3.63, 3.8) is 0 Å². The molecule has 0 aliphatic rings. The normalized spacial score (nSPS) is 10.0. The summed E-state index contributed by atoms with van der Waals surface area (Å²) in [5, 5.41) is 10.3. The molecule has 0 radical (unpaired) electrons.